The van der Waals surface area contributed by atoms with Crippen LogP contribution in [0.25, 0.3) is 0 Å². The fourth-order valence-corrected chi connectivity index (χ4v) is 22.0. The third kappa shape index (κ3) is 20.9. The van der Waals surface area contributed by atoms with Gasteiger partial charge in [0.15, 0.2) is 0 Å². The van der Waals surface area contributed by atoms with E-state index in [1.54, 1.807) is 0 Å². The van der Waals surface area contributed by atoms with Crippen LogP contribution in [-0.2, 0) is 0 Å². The first-order chi connectivity index (χ1) is 19.8. The molecule has 2 nitrogen and oxygen atoms in total. The van der Waals surface area contributed by atoms with E-state index in [4.69, 9.17) is 24.4 Å². The molecule has 0 aliphatic carbocycles. The predicted molar refractivity (Wildman–Crippen MR) is 203 cm³/mol. The van der Waals surface area contributed by atoms with E-state index in [1.165, 1.54) is 111 Å². The normalized spacial score (nSPS) is 14.4. The molecule has 0 bridgehead atoms. The van der Waals surface area contributed by atoms with Crippen molar-refractivity contribution in [3.05, 3.63) is 0 Å². The number of thiocarbonyl (C=S) groups is 2. The van der Waals surface area contributed by atoms with Crippen LogP contribution in [0.1, 0.15) is 158 Å². The summed E-state index contributed by atoms with van der Waals surface area (Å²) in [6.07, 6.45) is 20.9. The summed E-state index contributed by atoms with van der Waals surface area (Å²) in [7, 11) is 4.12. The summed E-state index contributed by atoms with van der Waals surface area (Å²) in [4.78, 5) is 5.27. The van der Waals surface area contributed by atoms with Gasteiger partial charge in [-0.1, -0.05) is 0 Å². The summed E-state index contributed by atoms with van der Waals surface area (Å²) in [6, 6.07) is 0. The molecule has 41 heavy (non-hydrogen) atoms. The Morgan fingerprint density at radius 2 is 0.732 bits per heavy atom. The zero-order valence-corrected chi connectivity index (χ0v) is 35.6. The molecular formula is C34H68N2PbS4. The average Bonchev–Trinajstić information content (AvgIpc) is 2.99. The monoisotopic (exact) mass is 840 g/mol. The van der Waals surface area contributed by atoms with E-state index >= 15 is 0 Å². The average molecular weight is 840 g/mol. The van der Waals surface area contributed by atoms with Gasteiger partial charge in [0.05, 0.1) is 0 Å². The summed E-state index contributed by atoms with van der Waals surface area (Å²) in [5.74, 6) is 3.05. The number of unbranched alkanes of at least 4 members (excludes halogenated alkanes) is 4. The van der Waals surface area contributed by atoms with Crippen LogP contribution in [0.2, 0.25) is 0 Å². The fourth-order valence-electron chi connectivity index (χ4n) is 5.58. The molecule has 0 rings (SSSR count). The predicted octanol–water partition coefficient (Wildman–Crippen LogP) is 12.0. The summed E-state index contributed by atoms with van der Waals surface area (Å²) in [5, 5.41) is 0. The SMILES string of the molecule is CCCCC(CC)CN(CC(CC)CCCC)C(=S)[S][Pb][S]C(=S)N(CC(CC)CCCC)CC(CC)CCCC. The van der Waals surface area contributed by atoms with Crippen LogP contribution < -0.4 is 0 Å². The molecule has 0 aromatic rings. The molecule has 0 aromatic heterocycles. The first-order valence-electron chi connectivity index (χ1n) is 17.5. The van der Waals surface area contributed by atoms with Crippen molar-refractivity contribution in [3.63, 3.8) is 0 Å². The molecule has 2 radical (unpaired) electrons. The van der Waals surface area contributed by atoms with Gasteiger partial charge >= 0.3 is 289 Å². The molecule has 0 aromatic carbocycles. The van der Waals surface area contributed by atoms with E-state index in [-0.39, 0.29) is 0 Å². The fraction of sp³-hybridized carbons (Fsp3) is 0.941. The molecule has 0 heterocycles. The molecule has 0 fully saturated rings. The number of hydrogen-bond acceptors (Lipinski definition) is 4. The minimum atomic E-state index is -1.11. The topological polar surface area (TPSA) is 6.48 Å². The van der Waals surface area contributed by atoms with Crippen molar-refractivity contribution in [1.82, 2.24) is 9.80 Å². The Bertz CT molecular complexity index is 548. The molecular weight excluding hydrogens is 772 g/mol. The van der Waals surface area contributed by atoms with Gasteiger partial charge in [0.2, 0.25) is 0 Å². The number of rotatable bonds is 26. The Kier molecular flexibility index (Phi) is 29.8. The Balaban J connectivity index is 5.42. The molecule has 4 atom stereocenters. The Labute approximate surface area is 286 Å². The molecule has 0 saturated heterocycles. The van der Waals surface area contributed by atoms with Gasteiger partial charge in [-0.3, -0.25) is 0 Å². The summed E-state index contributed by atoms with van der Waals surface area (Å²) in [6.45, 7) is 23.4. The van der Waals surface area contributed by atoms with Crippen LogP contribution >= 0.6 is 41.1 Å². The first-order valence-corrected chi connectivity index (χ1v) is 29.5. The third-order valence-electron chi connectivity index (χ3n) is 8.86. The molecule has 0 aliphatic heterocycles. The Hall–Kier alpha value is 1.40. The molecule has 7 heteroatoms. The van der Waals surface area contributed by atoms with Crippen molar-refractivity contribution >= 4 is 70.9 Å². The van der Waals surface area contributed by atoms with Crippen LogP contribution in [0.5, 0.6) is 0 Å². The van der Waals surface area contributed by atoms with E-state index in [1.807, 2.05) is 0 Å². The van der Waals surface area contributed by atoms with Gasteiger partial charge < -0.3 is 0 Å². The molecule has 0 amide bonds. The van der Waals surface area contributed by atoms with Gasteiger partial charge in [-0.25, -0.2) is 0 Å². The van der Waals surface area contributed by atoms with E-state index < -0.39 is 21.2 Å². The second-order valence-corrected chi connectivity index (χ2v) is 26.0. The van der Waals surface area contributed by atoms with Crippen LogP contribution in [0.15, 0.2) is 0 Å². The van der Waals surface area contributed by atoms with Crippen molar-refractivity contribution in [2.24, 2.45) is 23.7 Å². The van der Waals surface area contributed by atoms with Crippen LogP contribution in [0, 0.1) is 23.7 Å². The van der Waals surface area contributed by atoms with E-state index in [0.717, 1.165) is 49.9 Å². The first kappa shape index (κ1) is 42.4. The van der Waals surface area contributed by atoms with Crippen LogP contribution in [-0.4, -0.2) is 65.9 Å². The van der Waals surface area contributed by atoms with Crippen molar-refractivity contribution < 1.29 is 0 Å². The van der Waals surface area contributed by atoms with Crippen molar-refractivity contribution in [2.45, 2.75) is 158 Å². The van der Waals surface area contributed by atoms with Gasteiger partial charge in [-0.15, -0.1) is 0 Å². The zero-order valence-electron chi connectivity index (χ0n) is 28.5. The van der Waals surface area contributed by atoms with Crippen molar-refractivity contribution in [3.8, 4) is 0 Å². The van der Waals surface area contributed by atoms with E-state index in [2.05, 4.69) is 81.8 Å². The van der Waals surface area contributed by atoms with Gasteiger partial charge in [-0.05, 0) is 0 Å². The maximum atomic E-state index is 6.19. The van der Waals surface area contributed by atoms with Crippen molar-refractivity contribution in [1.29, 1.82) is 0 Å². The van der Waals surface area contributed by atoms with Crippen LogP contribution in [0.4, 0.5) is 0 Å². The second-order valence-electron chi connectivity index (χ2n) is 12.3. The molecule has 0 spiro atoms. The Morgan fingerprint density at radius 1 is 0.488 bits per heavy atom. The van der Waals surface area contributed by atoms with Gasteiger partial charge in [0.1, 0.15) is 0 Å². The number of nitrogens with zero attached hydrogens (tertiary/aromatic N) is 2. The molecule has 0 aliphatic rings. The molecule has 242 valence electrons. The van der Waals surface area contributed by atoms with Crippen LogP contribution in [0.3, 0.4) is 0 Å². The van der Waals surface area contributed by atoms with Gasteiger partial charge in [0, 0.05) is 0 Å². The van der Waals surface area contributed by atoms with Gasteiger partial charge in [0.25, 0.3) is 0 Å². The minimum absolute atomic E-state index is 0.762. The molecule has 0 N–H and O–H groups in total. The zero-order chi connectivity index (χ0) is 30.9. The summed E-state index contributed by atoms with van der Waals surface area (Å²) in [5.41, 5.74) is 0. The second kappa shape index (κ2) is 28.8. The van der Waals surface area contributed by atoms with E-state index in [9.17, 15) is 0 Å². The molecule has 4 unspecified atom stereocenters. The number of hydrogen-bond donors (Lipinski definition) is 0. The third-order valence-corrected chi connectivity index (χ3v) is 25.2. The quantitative estimate of drug-likeness (QED) is 0.0628. The van der Waals surface area contributed by atoms with Gasteiger partial charge in [-0.2, -0.15) is 0 Å². The maximum absolute atomic E-state index is 6.19. The Morgan fingerprint density at radius 3 is 0.927 bits per heavy atom. The summed E-state index contributed by atoms with van der Waals surface area (Å²) >= 11 is 11.3. The summed E-state index contributed by atoms with van der Waals surface area (Å²) < 4.78 is 2.37. The van der Waals surface area contributed by atoms with E-state index in [0.29, 0.717) is 0 Å². The standard InChI is InChI=1S/2C17H35NS2.Pb/c2*1-5-9-11-15(7-3)13-18(17(19)20)14-16(8-4)12-10-6-2;/h2*15-16H,5-14H2,1-4H3,(H,19,20);/q;;+2/p-2. The molecule has 0 saturated carbocycles. The van der Waals surface area contributed by atoms with Crippen molar-refractivity contribution in [2.75, 3.05) is 26.2 Å².